The van der Waals surface area contributed by atoms with Crippen molar-refractivity contribution in [2.24, 2.45) is 0 Å². The summed E-state index contributed by atoms with van der Waals surface area (Å²) in [5.74, 6) is -0.106. The number of benzene rings is 1. The first-order chi connectivity index (χ1) is 11.1. The van der Waals surface area contributed by atoms with Crippen LogP contribution in [0.3, 0.4) is 0 Å². The monoisotopic (exact) mass is 315 g/mol. The second-order valence-electron chi connectivity index (χ2n) is 6.74. The number of amides is 2. The van der Waals surface area contributed by atoms with E-state index >= 15 is 0 Å². The number of hydrogen-bond acceptors (Lipinski definition) is 3. The molecule has 2 bridgehead atoms. The largest absolute Gasteiger partial charge is 0.353 e. The van der Waals surface area contributed by atoms with Gasteiger partial charge in [0.2, 0.25) is 11.8 Å². The Bertz CT molecular complexity index is 549. The van der Waals surface area contributed by atoms with Crippen molar-refractivity contribution in [1.82, 2.24) is 16.0 Å². The fraction of sp³-hybridized carbons (Fsp3) is 0.556. The first-order valence-electron chi connectivity index (χ1n) is 8.47. The fourth-order valence-corrected chi connectivity index (χ4v) is 3.83. The molecule has 0 radical (unpaired) electrons. The van der Waals surface area contributed by atoms with Crippen LogP contribution in [0.1, 0.15) is 50.6 Å². The molecule has 2 heterocycles. The van der Waals surface area contributed by atoms with Crippen molar-refractivity contribution >= 4 is 11.8 Å². The number of rotatable bonds is 5. The molecule has 2 fully saturated rings. The first kappa shape index (κ1) is 16.0. The molecule has 1 aromatic rings. The minimum atomic E-state index is -0.271. The Balaban J connectivity index is 1.58. The van der Waals surface area contributed by atoms with Crippen molar-refractivity contribution in [2.75, 3.05) is 0 Å². The lowest BCUT2D eigenvalue weighted by Crippen LogP contribution is -2.48. The number of carbonyl (C=O) groups is 2. The summed E-state index contributed by atoms with van der Waals surface area (Å²) >= 11 is 0. The second kappa shape index (κ2) is 7.13. The normalized spacial score (nSPS) is 27.3. The lowest BCUT2D eigenvalue weighted by molar-refractivity contribution is -0.123. The van der Waals surface area contributed by atoms with Crippen LogP contribution in [0.15, 0.2) is 30.3 Å². The third kappa shape index (κ3) is 4.32. The van der Waals surface area contributed by atoms with Crippen molar-refractivity contribution in [1.29, 1.82) is 0 Å². The molecule has 23 heavy (non-hydrogen) atoms. The summed E-state index contributed by atoms with van der Waals surface area (Å²) in [4.78, 5) is 23.9. The average molecular weight is 315 g/mol. The van der Waals surface area contributed by atoms with Gasteiger partial charge in [-0.25, -0.2) is 0 Å². The molecule has 3 N–H and O–H groups in total. The highest BCUT2D eigenvalue weighted by Gasteiger charge is 2.34. The molecule has 0 aromatic heterocycles. The van der Waals surface area contributed by atoms with Gasteiger partial charge in [0.15, 0.2) is 0 Å². The van der Waals surface area contributed by atoms with E-state index in [-0.39, 0.29) is 30.3 Å². The van der Waals surface area contributed by atoms with Crippen molar-refractivity contribution in [3.05, 3.63) is 35.9 Å². The Morgan fingerprint density at radius 1 is 1.17 bits per heavy atom. The van der Waals surface area contributed by atoms with E-state index in [1.165, 1.54) is 19.8 Å². The van der Waals surface area contributed by atoms with Crippen LogP contribution in [0.5, 0.6) is 0 Å². The quantitative estimate of drug-likeness (QED) is 0.774. The molecule has 0 saturated carbocycles. The van der Waals surface area contributed by atoms with E-state index in [0.29, 0.717) is 12.1 Å². The molecule has 0 aliphatic carbocycles. The number of carbonyl (C=O) groups excluding carboxylic acids is 2. The van der Waals surface area contributed by atoms with Crippen LogP contribution in [0.25, 0.3) is 0 Å². The number of piperidine rings is 1. The molecule has 2 aliphatic rings. The Kier molecular flexibility index (Phi) is 4.96. The van der Waals surface area contributed by atoms with Crippen molar-refractivity contribution < 1.29 is 9.59 Å². The first-order valence-corrected chi connectivity index (χ1v) is 8.47. The maximum Gasteiger partial charge on any atom is 0.222 e. The molecular weight excluding hydrogens is 290 g/mol. The van der Waals surface area contributed by atoms with E-state index in [0.717, 1.165) is 18.4 Å². The van der Waals surface area contributed by atoms with Gasteiger partial charge >= 0.3 is 0 Å². The molecule has 2 aliphatic heterocycles. The molecule has 124 valence electrons. The van der Waals surface area contributed by atoms with Crippen molar-refractivity contribution in [3.63, 3.8) is 0 Å². The number of fused-ring (bicyclic) bond motifs is 2. The molecule has 1 aromatic carbocycles. The molecule has 3 atom stereocenters. The summed E-state index contributed by atoms with van der Waals surface area (Å²) < 4.78 is 0. The molecule has 5 nitrogen and oxygen atoms in total. The van der Waals surface area contributed by atoms with E-state index in [9.17, 15) is 9.59 Å². The second-order valence-corrected chi connectivity index (χ2v) is 6.74. The minimum absolute atomic E-state index is 0.0129. The summed E-state index contributed by atoms with van der Waals surface area (Å²) in [6, 6.07) is 10.8. The Hall–Kier alpha value is -1.88. The molecule has 2 saturated heterocycles. The van der Waals surface area contributed by atoms with Crippen LogP contribution in [-0.2, 0) is 9.59 Å². The van der Waals surface area contributed by atoms with Gasteiger partial charge in [0.1, 0.15) is 0 Å². The lowest BCUT2D eigenvalue weighted by Gasteiger charge is -2.30. The van der Waals surface area contributed by atoms with Gasteiger partial charge in [0.05, 0.1) is 12.5 Å². The summed E-state index contributed by atoms with van der Waals surface area (Å²) in [6.45, 7) is 1.48. The van der Waals surface area contributed by atoms with Gasteiger partial charge in [-0.15, -0.1) is 0 Å². The summed E-state index contributed by atoms with van der Waals surface area (Å²) in [5.41, 5.74) is 0.961. The van der Waals surface area contributed by atoms with E-state index in [4.69, 9.17) is 0 Å². The van der Waals surface area contributed by atoms with Crippen LogP contribution in [0.4, 0.5) is 0 Å². The highest BCUT2D eigenvalue weighted by molar-refractivity contribution is 5.79. The number of nitrogens with one attached hydrogen (secondary N) is 3. The van der Waals surface area contributed by atoms with Gasteiger partial charge in [-0.2, -0.15) is 0 Å². The average Bonchev–Trinajstić information content (AvgIpc) is 2.86. The zero-order valence-corrected chi connectivity index (χ0v) is 13.5. The van der Waals surface area contributed by atoms with E-state index in [1.54, 1.807) is 0 Å². The molecular formula is C18H25N3O2. The molecule has 3 rings (SSSR count). The van der Waals surface area contributed by atoms with Crippen molar-refractivity contribution in [2.45, 2.75) is 63.2 Å². The maximum absolute atomic E-state index is 12.4. The van der Waals surface area contributed by atoms with Gasteiger partial charge in [-0.05, 0) is 31.2 Å². The van der Waals surface area contributed by atoms with E-state index < -0.39 is 0 Å². The molecule has 3 unspecified atom stereocenters. The zero-order valence-electron chi connectivity index (χ0n) is 13.5. The minimum Gasteiger partial charge on any atom is -0.353 e. The van der Waals surface area contributed by atoms with Crippen LogP contribution >= 0.6 is 0 Å². The van der Waals surface area contributed by atoms with Gasteiger partial charge < -0.3 is 16.0 Å². The highest BCUT2D eigenvalue weighted by Crippen LogP contribution is 2.27. The Labute approximate surface area is 137 Å². The summed E-state index contributed by atoms with van der Waals surface area (Å²) in [5, 5.41) is 9.62. The summed E-state index contributed by atoms with van der Waals surface area (Å²) in [7, 11) is 0. The lowest BCUT2D eigenvalue weighted by atomic mass is 9.98. The fourth-order valence-electron chi connectivity index (χ4n) is 3.83. The Morgan fingerprint density at radius 3 is 2.43 bits per heavy atom. The highest BCUT2D eigenvalue weighted by atomic mass is 16.2. The molecule has 0 spiro atoms. The topological polar surface area (TPSA) is 70.2 Å². The van der Waals surface area contributed by atoms with Crippen molar-refractivity contribution in [3.8, 4) is 0 Å². The van der Waals surface area contributed by atoms with Gasteiger partial charge in [0.25, 0.3) is 0 Å². The summed E-state index contributed by atoms with van der Waals surface area (Å²) in [6.07, 6.45) is 4.74. The molecule has 2 amide bonds. The predicted octanol–water partition coefficient (Wildman–Crippen LogP) is 1.65. The van der Waals surface area contributed by atoms with Gasteiger partial charge in [-0.3, -0.25) is 9.59 Å². The van der Waals surface area contributed by atoms with Crippen LogP contribution in [0.2, 0.25) is 0 Å². The predicted molar refractivity (Wildman–Crippen MR) is 88.7 cm³/mol. The van der Waals surface area contributed by atoms with Gasteiger partial charge in [-0.1, -0.05) is 30.3 Å². The van der Waals surface area contributed by atoms with E-state index in [2.05, 4.69) is 16.0 Å². The Morgan fingerprint density at radius 2 is 1.83 bits per heavy atom. The number of hydrogen-bond donors (Lipinski definition) is 3. The maximum atomic E-state index is 12.4. The van der Waals surface area contributed by atoms with Gasteiger partial charge in [0, 0.05) is 25.0 Å². The zero-order chi connectivity index (χ0) is 16.2. The standard InChI is InChI=1S/C18H25N3O2/c1-12(22)19-17(13-5-3-2-4-6-13)11-18(23)21-16-9-14-7-8-15(10-16)20-14/h2-6,14-17,20H,7-11H2,1H3,(H,19,22)(H,21,23). The third-order valence-electron chi connectivity index (χ3n) is 4.81. The smallest absolute Gasteiger partial charge is 0.222 e. The van der Waals surface area contributed by atoms with Crippen LogP contribution < -0.4 is 16.0 Å². The third-order valence-corrected chi connectivity index (χ3v) is 4.81. The van der Waals surface area contributed by atoms with E-state index in [1.807, 2.05) is 30.3 Å². The molecule has 5 heteroatoms. The SMILES string of the molecule is CC(=O)NC(CC(=O)NC1CC2CCC(C1)N2)c1ccccc1. The van der Waals surface area contributed by atoms with Crippen LogP contribution in [0, 0.1) is 0 Å². The van der Waals surface area contributed by atoms with Crippen LogP contribution in [-0.4, -0.2) is 29.9 Å².